The first-order valence-electron chi connectivity index (χ1n) is 10.5. The Labute approximate surface area is 182 Å². The first kappa shape index (κ1) is 22.3. The highest BCUT2D eigenvalue weighted by Crippen LogP contribution is 2.38. The van der Waals surface area contributed by atoms with Crippen LogP contribution in [-0.2, 0) is 16.0 Å². The van der Waals surface area contributed by atoms with Crippen molar-refractivity contribution in [2.24, 2.45) is 23.7 Å². The SMILES string of the molecule is CC1=C[C@@H](CNC(=O)CCC(=O)O)[C@H](C(C)C)C[C@H]1Cc1nc2ccc(Cl)cc2[nH]1. The lowest BCUT2D eigenvalue weighted by Crippen LogP contribution is -2.37. The fourth-order valence-corrected chi connectivity index (χ4v) is 4.59. The standard InChI is InChI=1S/C23H30ClN3O3/c1-13(2)18-9-15(10-21-26-19-5-4-17(24)11-20(19)27-21)14(3)8-16(18)12-25-22(28)6-7-23(29)30/h4-5,8,11,13,15-16,18H,6-7,9-10,12H2,1-3H3,(H,25,28)(H,26,27)(H,29,30)/t15-,16-,18-/m0/s1. The number of nitrogens with one attached hydrogen (secondary N) is 2. The Bertz CT molecular complexity index is 950. The Morgan fingerprint density at radius 2 is 2.10 bits per heavy atom. The van der Waals surface area contributed by atoms with Gasteiger partial charge in [0.15, 0.2) is 0 Å². The molecule has 3 rings (SSSR count). The summed E-state index contributed by atoms with van der Waals surface area (Å²) in [5.74, 6) is 1.39. The summed E-state index contributed by atoms with van der Waals surface area (Å²) < 4.78 is 0. The van der Waals surface area contributed by atoms with Gasteiger partial charge in [0.1, 0.15) is 5.82 Å². The second-order valence-corrected chi connectivity index (χ2v) is 9.10. The van der Waals surface area contributed by atoms with Crippen molar-refractivity contribution in [2.45, 2.75) is 46.5 Å². The summed E-state index contributed by atoms with van der Waals surface area (Å²) in [6.45, 7) is 7.14. The van der Waals surface area contributed by atoms with Gasteiger partial charge in [-0.25, -0.2) is 4.98 Å². The molecule has 0 saturated heterocycles. The van der Waals surface area contributed by atoms with Crippen LogP contribution in [-0.4, -0.2) is 33.5 Å². The van der Waals surface area contributed by atoms with Gasteiger partial charge in [0, 0.05) is 24.4 Å². The highest BCUT2D eigenvalue weighted by atomic mass is 35.5. The van der Waals surface area contributed by atoms with E-state index < -0.39 is 5.97 Å². The molecule has 3 N–H and O–H groups in total. The number of H-pyrrole nitrogens is 1. The minimum atomic E-state index is -0.950. The molecule has 0 radical (unpaired) electrons. The van der Waals surface area contributed by atoms with Crippen molar-refractivity contribution in [3.8, 4) is 0 Å². The van der Waals surface area contributed by atoms with E-state index in [1.165, 1.54) is 5.57 Å². The first-order chi connectivity index (χ1) is 14.2. The number of fused-ring (bicyclic) bond motifs is 1. The zero-order chi connectivity index (χ0) is 21.8. The van der Waals surface area contributed by atoms with Crippen molar-refractivity contribution >= 4 is 34.5 Å². The average Bonchev–Trinajstić information content (AvgIpc) is 3.07. The van der Waals surface area contributed by atoms with Crippen molar-refractivity contribution in [3.05, 3.63) is 40.7 Å². The summed E-state index contributed by atoms with van der Waals surface area (Å²) in [6, 6.07) is 5.68. The molecule has 0 bridgehead atoms. The van der Waals surface area contributed by atoms with E-state index in [1.54, 1.807) is 0 Å². The second-order valence-electron chi connectivity index (χ2n) is 8.66. The van der Waals surface area contributed by atoms with E-state index in [0.29, 0.717) is 29.3 Å². The number of amides is 1. The molecule has 3 atom stereocenters. The number of rotatable bonds is 8. The Morgan fingerprint density at radius 1 is 1.33 bits per heavy atom. The number of halogens is 1. The van der Waals surface area contributed by atoms with E-state index in [-0.39, 0.29) is 24.7 Å². The monoisotopic (exact) mass is 431 g/mol. The number of nitrogens with zero attached hydrogens (tertiary/aromatic N) is 1. The van der Waals surface area contributed by atoms with Crippen LogP contribution in [0.2, 0.25) is 5.02 Å². The number of benzene rings is 1. The summed E-state index contributed by atoms with van der Waals surface area (Å²) >= 11 is 6.08. The largest absolute Gasteiger partial charge is 0.481 e. The lowest BCUT2D eigenvalue weighted by Gasteiger charge is -2.37. The summed E-state index contributed by atoms with van der Waals surface area (Å²) in [5.41, 5.74) is 3.20. The van der Waals surface area contributed by atoms with Gasteiger partial charge in [0.05, 0.1) is 17.5 Å². The minimum Gasteiger partial charge on any atom is -0.481 e. The lowest BCUT2D eigenvalue weighted by molar-refractivity contribution is -0.138. The normalized spacial score (nSPS) is 21.6. The first-order valence-corrected chi connectivity index (χ1v) is 10.9. The van der Waals surface area contributed by atoms with Crippen LogP contribution >= 0.6 is 11.6 Å². The van der Waals surface area contributed by atoms with Crippen LogP contribution in [0.3, 0.4) is 0 Å². The third kappa shape index (κ3) is 5.63. The number of aliphatic carboxylic acids is 1. The number of imidazole rings is 1. The molecule has 2 aromatic rings. The molecule has 1 amide bonds. The smallest absolute Gasteiger partial charge is 0.303 e. The predicted octanol–water partition coefficient (Wildman–Crippen LogP) is 4.59. The molecule has 0 unspecified atom stereocenters. The maximum Gasteiger partial charge on any atom is 0.303 e. The Morgan fingerprint density at radius 3 is 2.80 bits per heavy atom. The van der Waals surface area contributed by atoms with Gasteiger partial charge in [-0.05, 0) is 55.2 Å². The molecule has 1 aliphatic rings. The van der Waals surface area contributed by atoms with Crippen LogP contribution in [0.15, 0.2) is 29.8 Å². The topological polar surface area (TPSA) is 95.1 Å². The van der Waals surface area contributed by atoms with Gasteiger partial charge >= 0.3 is 5.97 Å². The summed E-state index contributed by atoms with van der Waals surface area (Å²) in [6.07, 6.45) is 4.05. The second kappa shape index (κ2) is 9.65. The van der Waals surface area contributed by atoms with E-state index in [1.807, 2.05) is 18.2 Å². The Balaban J connectivity index is 1.68. The molecular weight excluding hydrogens is 402 g/mol. The molecule has 6 nitrogen and oxygen atoms in total. The number of hydrogen-bond acceptors (Lipinski definition) is 3. The third-order valence-electron chi connectivity index (χ3n) is 6.12. The van der Waals surface area contributed by atoms with Crippen LogP contribution in [0.4, 0.5) is 0 Å². The molecule has 30 heavy (non-hydrogen) atoms. The predicted molar refractivity (Wildman–Crippen MR) is 118 cm³/mol. The summed E-state index contributed by atoms with van der Waals surface area (Å²) in [5, 5.41) is 12.4. The Kier molecular flexibility index (Phi) is 7.19. The van der Waals surface area contributed by atoms with Crippen molar-refractivity contribution in [1.29, 1.82) is 0 Å². The fraction of sp³-hybridized carbons (Fsp3) is 0.522. The van der Waals surface area contributed by atoms with E-state index in [2.05, 4.69) is 37.1 Å². The quantitative estimate of drug-likeness (QED) is 0.532. The number of carboxylic acid groups (broad SMARTS) is 1. The molecule has 1 heterocycles. The molecule has 1 aromatic heterocycles. The van der Waals surface area contributed by atoms with Crippen LogP contribution in [0.25, 0.3) is 11.0 Å². The molecule has 162 valence electrons. The maximum absolute atomic E-state index is 11.9. The summed E-state index contributed by atoms with van der Waals surface area (Å²) in [4.78, 5) is 30.7. The van der Waals surface area contributed by atoms with Gasteiger partial charge in [0.2, 0.25) is 5.91 Å². The van der Waals surface area contributed by atoms with Gasteiger partial charge in [-0.15, -0.1) is 0 Å². The molecule has 0 spiro atoms. The number of carbonyl (C=O) groups excluding carboxylic acids is 1. The number of aromatic amines is 1. The van der Waals surface area contributed by atoms with Crippen molar-refractivity contribution in [2.75, 3.05) is 6.54 Å². The molecule has 7 heteroatoms. The average molecular weight is 432 g/mol. The molecule has 1 aliphatic carbocycles. The van der Waals surface area contributed by atoms with Gasteiger partial charge in [-0.3, -0.25) is 9.59 Å². The molecule has 0 aliphatic heterocycles. The van der Waals surface area contributed by atoms with E-state index in [9.17, 15) is 9.59 Å². The van der Waals surface area contributed by atoms with Crippen molar-refractivity contribution < 1.29 is 14.7 Å². The van der Waals surface area contributed by atoms with Crippen LogP contribution in [0.5, 0.6) is 0 Å². The van der Waals surface area contributed by atoms with Gasteiger partial charge in [-0.2, -0.15) is 0 Å². The van der Waals surface area contributed by atoms with E-state index >= 15 is 0 Å². The fourth-order valence-electron chi connectivity index (χ4n) is 4.41. The van der Waals surface area contributed by atoms with Crippen LogP contribution in [0.1, 0.15) is 45.9 Å². The highest BCUT2D eigenvalue weighted by Gasteiger charge is 2.32. The minimum absolute atomic E-state index is 0.0236. The van der Waals surface area contributed by atoms with Crippen molar-refractivity contribution in [1.82, 2.24) is 15.3 Å². The van der Waals surface area contributed by atoms with Gasteiger partial charge in [-0.1, -0.05) is 37.1 Å². The Hall–Kier alpha value is -2.34. The maximum atomic E-state index is 11.9. The van der Waals surface area contributed by atoms with Gasteiger partial charge < -0.3 is 15.4 Å². The number of aromatic nitrogens is 2. The molecule has 0 saturated carbocycles. The third-order valence-corrected chi connectivity index (χ3v) is 6.35. The number of carbonyl (C=O) groups is 2. The van der Waals surface area contributed by atoms with Crippen LogP contribution < -0.4 is 5.32 Å². The zero-order valence-corrected chi connectivity index (χ0v) is 18.5. The van der Waals surface area contributed by atoms with E-state index in [0.717, 1.165) is 29.7 Å². The number of hydrogen-bond donors (Lipinski definition) is 3. The summed E-state index contributed by atoms with van der Waals surface area (Å²) in [7, 11) is 0. The molecule has 0 fully saturated rings. The molecular formula is C23H30ClN3O3. The zero-order valence-electron chi connectivity index (χ0n) is 17.7. The molecule has 1 aromatic carbocycles. The van der Waals surface area contributed by atoms with Gasteiger partial charge in [0.25, 0.3) is 0 Å². The van der Waals surface area contributed by atoms with Crippen molar-refractivity contribution in [3.63, 3.8) is 0 Å². The number of carboxylic acids is 1. The highest BCUT2D eigenvalue weighted by molar-refractivity contribution is 6.31. The van der Waals surface area contributed by atoms with E-state index in [4.69, 9.17) is 21.7 Å². The number of allylic oxidation sites excluding steroid dienone is 1. The van der Waals surface area contributed by atoms with Crippen LogP contribution in [0, 0.1) is 23.7 Å². The lowest BCUT2D eigenvalue weighted by atomic mass is 9.70.